The number of piperidine rings is 1. The third-order valence-electron chi connectivity index (χ3n) is 7.22. The van der Waals surface area contributed by atoms with Crippen LogP contribution in [0, 0.1) is 0 Å². The zero-order valence-corrected chi connectivity index (χ0v) is 21.9. The van der Waals surface area contributed by atoms with Crippen LogP contribution >= 0.6 is 22.1 Å². The number of hydrogen-bond donors (Lipinski definition) is 0. The Balaban J connectivity index is 1.46. The molecule has 1 saturated heterocycles. The highest BCUT2D eigenvalue weighted by atomic mass is 35.5. The van der Waals surface area contributed by atoms with Gasteiger partial charge in [-0.25, -0.2) is 4.79 Å². The summed E-state index contributed by atoms with van der Waals surface area (Å²) in [5, 5.41) is 2.84. The van der Waals surface area contributed by atoms with Crippen LogP contribution in [-0.2, 0) is 22.4 Å². The van der Waals surface area contributed by atoms with Crippen molar-refractivity contribution >= 4 is 38.8 Å². The van der Waals surface area contributed by atoms with Gasteiger partial charge in [-0.05, 0) is 72.4 Å². The molecule has 2 aromatic carbocycles. The Morgan fingerprint density at radius 1 is 1.03 bits per heavy atom. The molecule has 2 aliphatic rings. The maximum absolute atomic E-state index is 13.7. The zero-order valence-electron chi connectivity index (χ0n) is 20.4. The monoisotopic (exact) mass is 516 g/mol. The predicted octanol–water partition coefficient (Wildman–Crippen LogP) is 6.01. The lowest BCUT2D eigenvalue weighted by Gasteiger charge is -2.33. The second-order valence-electron chi connectivity index (χ2n) is 9.47. The van der Waals surface area contributed by atoms with Gasteiger partial charge in [0, 0.05) is 35.6 Å². The van der Waals surface area contributed by atoms with Crippen LogP contribution in [0.25, 0.3) is 5.57 Å². The molecule has 1 aromatic heterocycles. The minimum absolute atomic E-state index is 0.103. The van der Waals surface area contributed by atoms with Crippen LogP contribution in [0.3, 0.4) is 0 Å². The average Bonchev–Trinajstić information content (AvgIpc) is 3.08. The number of likely N-dealkylation sites (tertiary alicyclic amines) is 1. The minimum atomic E-state index is -0.579. The molecule has 1 aliphatic heterocycles. The highest BCUT2D eigenvalue weighted by molar-refractivity contribution is 8.13. The smallest absolute Gasteiger partial charge is 0.230 e. The predicted molar refractivity (Wildman–Crippen MR) is 148 cm³/mol. The highest BCUT2D eigenvalue weighted by Crippen LogP contribution is 2.39. The van der Waals surface area contributed by atoms with E-state index in [1.54, 1.807) is 0 Å². The number of halogens is 1. The van der Waals surface area contributed by atoms with Gasteiger partial charge in [-0.1, -0.05) is 59.6 Å². The fraction of sp³-hybridized carbons (Fsp3) is 0.300. The molecule has 4 nitrogen and oxygen atoms in total. The number of fused-ring (bicyclic) bond motifs is 2. The Labute approximate surface area is 219 Å². The summed E-state index contributed by atoms with van der Waals surface area (Å²) < 4.78 is 0. The van der Waals surface area contributed by atoms with Crippen molar-refractivity contribution in [1.29, 1.82) is 0 Å². The number of carbonyl (C=O) groups excluding carboxylic acids is 2. The topological polar surface area (TPSA) is 50.3 Å². The summed E-state index contributed by atoms with van der Waals surface area (Å²) in [4.78, 5) is 31.8. The Morgan fingerprint density at radius 2 is 1.78 bits per heavy atom. The number of hydrogen-bond acceptors (Lipinski definition) is 3. The van der Waals surface area contributed by atoms with Gasteiger partial charge in [-0.3, -0.25) is 9.78 Å². The standard InChI is InChI=1S/C30H29ClN2O2S/c1-36(20-34)19-27(21-6-3-2-4-7-21)30(35)33-16-13-22(14-17-33)28-26-12-11-25(31)18-24(26)10-9-23-8-5-15-32-29(23)28/h2-8,11-12,15,18,27H,9-10,13-14,16-17,19H2,1H3. The van der Waals surface area contributed by atoms with Gasteiger partial charge in [-0.2, -0.15) is 0 Å². The van der Waals surface area contributed by atoms with E-state index in [1.165, 1.54) is 27.8 Å². The summed E-state index contributed by atoms with van der Waals surface area (Å²) in [6.07, 6.45) is 7.20. The molecule has 1 fully saturated rings. The lowest BCUT2D eigenvalue weighted by Crippen LogP contribution is -2.40. The van der Waals surface area contributed by atoms with Gasteiger partial charge in [0.05, 0.1) is 11.6 Å². The van der Waals surface area contributed by atoms with Crippen LogP contribution < -0.4 is 0 Å². The summed E-state index contributed by atoms with van der Waals surface area (Å²) in [7, 11) is -0.579. The number of carbonyl (C=O) groups is 1. The molecule has 0 saturated carbocycles. The lowest BCUT2D eigenvalue weighted by molar-refractivity contribution is -0.132. The first-order valence-electron chi connectivity index (χ1n) is 12.3. The number of benzene rings is 2. The van der Waals surface area contributed by atoms with Gasteiger partial charge in [0.2, 0.25) is 5.91 Å². The normalized spacial score (nSPS) is 16.9. The fourth-order valence-electron chi connectivity index (χ4n) is 5.38. The molecule has 36 heavy (non-hydrogen) atoms. The molecule has 0 spiro atoms. The van der Waals surface area contributed by atoms with Crippen LogP contribution in [0.1, 0.15) is 46.7 Å². The molecule has 2 heterocycles. The molecular weight excluding hydrogens is 488 g/mol. The van der Waals surface area contributed by atoms with E-state index in [1.807, 2.05) is 59.8 Å². The number of pyridine rings is 1. The number of rotatable bonds is 4. The van der Waals surface area contributed by atoms with Gasteiger partial charge >= 0.3 is 0 Å². The summed E-state index contributed by atoms with van der Waals surface area (Å²) in [6, 6.07) is 20.2. The second kappa shape index (κ2) is 11.0. The summed E-state index contributed by atoms with van der Waals surface area (Å²) >= 11 is 6.36. The van der Waals surface area contributed by atoms with E-state index in [0.717, 1.165) is 42.0 Å². The molecule has 5 rings (SSSR count). The minimum Gasteiger partial charge on any atom is -0.342 e. The molecule has 0 radical (unpaired) electrons. The van der Waals surface area contributed by atoms with Crippen molar-refractivity contribution in [3.63, 3.8) is 0 Å². The van der Waals surface area contributed by atoms with Crippen molar-refractivity contribution in [2.24, 2.45) is 0 Å². The highest BCUT2D eigenvalue weighted by Gasteiger charge is 2.30. The molecule has 6 heteroatoms. The van der Waals surface area contributed by atoms with Gasteiger partial charge in [0.25, 0.3) is 0 Å². The summed E-state index contributed by atoms with van der Waals surface area (Å²) in [5.74, 6) is 0.284. The van der Waals surface area contributed by atoms with E-state index < -0.39 is 10.5 Å². The summed E-state index contributed by atoms with van der Waals surface area (Å²) in [5.41, 5.74) is 8.32. The van der Waals surface area contributed by atoms with Crippen molar-refractivity contribution in [3.8, 4) is 0 Å². The Morgan fingerprint density at radius 3 is 2.53 bits per heavy atom. The van der Waals surface area contributed by atoms with Crippen LogP contribution in [0.2, 0.25) is 5.02 Å². The van der Waals surface area contributed by atoms with Gasteiger partial charge < -0.3 is 4.90 Å². The second-order valence-corrected chi connectivity index (χ2v) is 11.7. The van der Waals surface area contributed by atoms with Crippen molar-refractivity contribution < 1.29 is 9.59 Å². The van der Waals surface area contributed by atoms with Crippen LogP contribution in [0.4, 0.5) is 0 Å². The van der Waals surface area contributed by atoms with Crippen molar-refractivity contribution in [1.82, 2.24) is 9.88 Å². The fourth-order valence-corrected chi connectivity index (χ4v) is 6.48. The molecular formula is C30H29ClN2O2S. The van der Waals surface area contributed by atoms with Crippen LogP contribution in [0.5, 0.6) is 0 Å². The molecule has 184 valence electrons. The van der Waals surface area contributed by atoms with E-state index >= 15 is 0 Å². The van der Waals surface area contributed by atoms with Gasteiger partial charge in [0.15, 0.2) is 5.23 Å². The van der Waals surface area contributed by atoms with Crippen LogP contribution in [-0.4, -0.2) is 46.1 Å². The lowest BCUT2D eigenvalue weighted by atomic mass is 9.88. The molecule has 1 amide bonds. The molecule has 0 bridgehead atoms. The molecule has 2 unspecified atom stereocenters. The van der Waals surface area contributed by atoms with E-state index in [4.69, 9.17) is 16.6 Å². The van der Waals surface area contributed by atoms with Gasteiger partial charge in [-0.15, -0.1) is 10.5 Å². The Kier molecular flexibility index (Phi) is 7.52. The third-order valence-corrected chi connectivity index (χ3v) is 8.57. The molecule has 0 N–H and O–H groups in total. The zero-order chi connectivity index (χ0) is 25.1. The number of nitrogens with zero attached hydrogens (tertiary/aromatic N) is 2. The number of amides is 1. The Bertz CT molecular complexity index is 1370. The van der Waals surface area contributed by atoms with E-state index in [-0.39, 0.29) is 11.8 Å². The number of aryl methyl sites for hydroxylation is 2. The Hall–Kier alpha value is -2.98. The van der Waals surface area contributed by atoms with Crippen molar-refractivity contribution in [3.05, 3.63) is 105 Å². The summed E-state index contributed by atoms with van der Waals surface area (Å²) in [6.45, 7) is 1.32. The largest absolute Gasteiger partial charge is 0.342 e. The maximum Gasteiger partial charge on any atom is 0.230 e. The van der Waals surface area contributed by atoms with Crippen LogP contribution in [0.15, 0.2) is 72.4 Å². The number of aromatic nitrogens is 1. The van der Waals surface area contributed by atoms with Crippen molar-refractivity contribution in [2.75, 3.05) is 25.1 Å². The molecule has 3 aromatic rings. The molecule has 1 aliphatic carbocycles. The maximum atomic E-state index is 13.7. The van der Waals surface area contributed by atoms with E-state index in [9.17, 15) is 9.59 Å². The van der Waals surface area contributed by atoms with Gasteiger partial charge in [0.1, 0.15) is 0 Å². The average molecular weight is 517 g/mol. The first-order chi connectivity index (χ1) is 17.5. The van der Waals surface area contributed by atoms with E-state index in [2.05, 4.69) is 23.4 Å². The molecule has 2 atom stereocenters. The van der Waals surface area contributed by atoms with E-state index in [0.29, 0.717) is 18.8 Å². The first-order valence-corrected chi connectivity index (χ1v) is 14.5. The quantitative estimate of drug-likeness (QED) is 0.399. The SMILES string of the molecule is CS(=C=O)CC(C(=O)N1CCC(=C2c3ccc(Cl)cc3CCc3cccnc32)CC1)c1ccccc1. The van der Waals surface area contributed by atoms with Crippen molar-refractivity contribution in [2.45, 2.75) is 31.6 Å². The first kappa shape index (κ1) is 24.7. The third kappa shape index (κ3) is 5.10.